The maximum atomic E-state index is 12.7. The topological polar surface area (TPSA) is 100 Å². The smallest absolute Gasteiger partial charge is 0.252 e. The third kappa shape index (κ3) is 4.22. The van der Waals surface area contributed by atoms with E-state index >= 15 is 0 Å². The highest BCUT2D eigenvalue weighted by Gasteiger charge is 2.28. The van der Waals surface area contributed by atoms with Gasteiger partial charge in [0.2, 0.25) is 5.91 Å². The van der Waals surface area contributed by atoms with Gasteiger partial charge in [0.1, 0.15) is 4.21 Å². The second-order valence-corrected chi connectivity index (χ2v) is 10.9. The molecule has 0 unspecified atom stereocenters. The second kappa shape index (κ2) is 8.05. The molecular weight excluding hydrogens is 418 g/mol. The quantitative estimate of drug-likeness (QED) is 0.643. The Kier molecular flexibility index (Phi) is 5.68. The number of aromatic amines is 1. The molecule has 2 N–H and O–H groups in total. The number of hydrogen-bond acceptors (Lipinski definition) is 6. The number of sulfonamides is 1. The Morgan fingerprint density at radius 1 is 1.29 bits per heavy atom. The van der Waals surface area contributed by atoms with Gasteiger partial charge in [0.05, 0.1) is 13.0 Å². The summed E-state index contributed by atoms with van der Waals surface area (Å²) in [5.41, 5.74) is 0. The van der Waals surface area contributed by atoms with Gasteiger partial charge in [0, 0.05) is 24.0 Å². The number of piperidine rings is 1. The van der Waals surface area contributed by atoms with E-state index in [-0.39, 0.29) is 12.3 Å². The minimum atomic E-state index is -3.45. The van der Waals surface area contributed by atoms with Gasteiger partial charge in [-0.05, 0) is 50.0 Å². The van der Waals surface area contributed by atoms with E-state index in [0.29, 0.717) is 34.7 Å². The SMILES string of the molecule is O=C(Cc1ccc(S(=O)(=O)N2CCCCC2)s1)NCc1n[nH]c(=S)n1C1CC1. The molecule has 0 bridgehead atoms. The van der Waals surface area contributed by atoms with Gasteiger partial charge < -0.3 is 5.32 Å². The monoisotopic (exact) mass is 441 g/mol. The van der Waals surface area contributed by atoms with E-state index in [1.807, 2.05) is 4.57 Å². The summed E-state index contributed by atoms with van der Waals surface area (Å²) >= 11 is 6.41. The van der Waals surface area contributed by atoms with E-state index in [2.05, 4.69) is 15.5 Å². The third-order valence-electron chi connectivity index (χ3n) is 5.01. The highest BCUT2D eigenvalue weighted by Crippen LogP contribution is 2.35. The normalized spacial score (nSPS) is 18.3. The lowest BCUT2D eigenvalue weighted by molar-refractivity contribution is -0.120. The third-order valence-corrected chi connectivity index (χ3v) is 8.75. The standard InChI is InChI=1S/C17H23N5O3S3/c23-15(18-11-14-19-20-17(26)22(14)12-4-5-12)10-13-6-7-16(27-13)28(24,25)21-8-2-1-3-9-21/h6-7,12H,1-5,8-11H2,(H,18,23)(H,20,26). The predicted molar refractivity (Wildman–Crippen MR) is 108 cm³/mol. The molecular formula is C17H23N5O3S3. The van der Waals surface area contributed by atoms with Crippen molar-refractivity contribution in [3.63, 3.8) is 0 Å². The molecule has 28 heavy (non-hydrogen) atoms. The van der Waals surface area contributed by atoms with E-state index in [1.165, 1.54) is 11.3 Å². The summed E-state index contributed by atoms with van der Waals surface area (Å²) in [5.74, 6) is 0.556. The molecule has 152 valence electrons. The molecule has 0 atom stereocenters. The van der Waals surface area contributed by atoms with Gasteiger partial charge in [-0.15, -0.1) is 11.3 Å². The van der Waals surface area contributed by atoms with Crippen molar-refractivity contribution in [2.45, 2.75) is 55.3 Å². The molecule has 0 spiro atoms. The van der Waals surface area contributed by atoms with E-state index in [1.54, 1.807) is 16.4 Å². The predicted octanol–water partition coefficient (Wildman–Crippen LogP) is 2.37. The lowest BCUT2D eigenvalue weighted by Gasteiger charge is -2.25. The summed E-state index contributed by atoms with van der Waals surface area (Å²) in [7, 11) is -3.45. The zero-order valence-electron chi connectivity index (χ0n) is 15.4. The molecule has 0 radical (unpaired) electrons. The number of carbonyl (C=O) groups excluding carboxylic acids is 1. The van der Waals surface area contributed by atoms with E-state index in [4.69, 9.17) is 12.2 Å². The Hall–Kier alpha value is -1.56. The van der Waals surface area contributed by atoms with E-state index < -0.39 is 10.0 Å². The van der Waals surface area contributed by atoms with Crippen LogP contribution >= 0.6 is 23.6 Å². The Morgan fingerprint density at radius 2 is 2.04 bits per heavy atom. The maximum Gasteiger partial charge on any atom is 0.252 e. The number of hydrogen-bond donors (Lipinski definition) is 2. The molecule has 2 aromatic heterocycles. The molecule has 2 aromatic rings. The average Bonchev–Trinajstić information content (AvgIpc) is 3.29. The lowest BCUT2D eigenvalue weighted by Crippen LogP contribution is -2.35. The summed E-state index contributed by atoms with van der Waals surface area (Å²) in [6.45, 7) is 1.45. The molecule has 2 aliphatic rings. The van der Waals surface area contributed by atoms with Crippen LogP contribution in [0.1, 0.15) is 48.8 Å². The Labute approximate surface area is 173 Å². The first-order valence-electron chi connectivity index (χ1n) is 9.46. The molecule has 4 rings (SSSR count). The number of nitrogens with one attached hydrogen (secondary N) is 2. The summed E-state index contributed by atoms with van der Waals surface area (Å²) in [6, 6.07) is 3.72. The van der Waals surface area contributed by atoms with Crippen LogP contribution in [0, 0.1) is 4.77 Å². The Bertz CT molecular complexity index is 1010. The molecule has 1 amide bonds. The van der Waals surface area contributed by atoms with E-state index in [0.717, 1.165) is 42.8 Å². The molecule has 1 saturated carbocycles. The van der Waals surface area contributed by atoms with Crippen LogP contribution in [0.3, 0.4) is 0 Å². The number of amides is 1. The summed E-state index contributed by atoms with van der Waals surface area (Å²) in [6.07, 6.45) is 5.19. The van der Waals surface area contributed by atoms with Crippen molar-refractivity contribution in [1.82, 2.24) is 24.4 Å². The first-order chi connectivity index (χ1) is 13.4. The molecule has 0 aromatic carbocycles. The molecule has 11 heteroatoms. The van der Waals surface area contributed by atoms with Crippen LogP contribution in [0.4, 0.5) is 0 Å². The van der Waals surface area contributed by atoms with Crippen molar-refractivity contribution in [3.8, 4) is 0 Å². The number of nitrogens with zero attached hydrogens (tertiary/aromatic N) is 3. The largest absolute Gasteiger partial charge is 0.348 e. The first-order valence-corrected chi connectivity index (χ1v) is 12.1. The zero-order valence-corrected chi connectivity index (χ0v) is 17.8. The highest BCUT2D eigenvalue weighted by molar-refractivity contribution is 7.91. The van der Waals surface area contributed by atoms with Crippen molar-refractivity contribution in [2.24, 2.45) is 0 Å². The van der Waals surface area contributed by atoms with Crippen LogP contribution < -0.4 is 5.32 Å². The van der Waals surface area contributed by atoms with Crippen molar-refractivity contribution < 1.29 is 13.2 Å². The van der Waals surface area contributed by atoms with Gasteiger partial charge in [-0.2, -0.15) is 9.40 Å². The molecule has 1 aliphatic heterocycles. The Morgan fingerprint density at radius 3 is 2.75 bits per heavy atom. The molecule has 2 fully saturated rings. The molecule has 3 heterocycles. The van der Waals surface area contributed by atoms with Crippen LogP contribution in [0.2, 0.25) is 0 Å². The lowest BCUT2D eigenvalue weighted by atomic mass is 10.2. The number of aromatic nitrogens is 3. The maximum absolute atomic E-state index is 12.7. The van der Waals surface area contributed by atoms with Gasteiger partial charge in [0.15, 0.2) is 10.6 Å². The summed E-state index contributed by atoms with van der Waals surface area (Å²) in [4.78, 5) is 13.0. The average molecular weight is 442 g/mol. The molecule has 1 saturated heterocycles. The van der Waals surface area contributed by atoms with Gasteiger partial charge in [-0.1, -0.05) is 6.42 Å². The van der Waals surface area contributed by atoms with Crippen molar-refractivity contribution >= 4 is 39.5 Å². The Balaban J connectivity index is 1.36. The van der Waals surface area contributed by atoms with Gasteiger partial charge in [-0.3, -0.25) is 14.5 Å². The minimum absolute atomic E-state index is 0.148. The van der Waals surface area contributed by atoms with E-state index in [9.17, 15) is 13.2 Å². The number of thiophene rings is 1. The van der Waals surface area contributed by atoms with Crippen LogP contribution in [0.5, 0.6) is 0 Å². The minimum Gasteiger partial charge on any atom is -0.348 e. The zero-order chi connectivity index (χ0) is 19.7. The molecule has 1 aliphatic carbocycles. The number of H-pyrrole nitrogens is 1. The van der Waals surface area contributed by atoms with Crippen molar-refractivity contribution in [3.05, 3.63) is 27.6 Å². The van der Waals surface area contributed by atoms with Crippen LogP contribution in [-0.2, 0) is 27.8 Å². The number of rotatable bonds is 7. The van der Waals surface area contributed by atoms with Gasteiger partial charge in [-0.25, -0.2) is 8.42 Å². The molecule has 8 nitrogen and oxygen atoms in total. The highest BCUT2D eigenvalue weighted by atomic mass is 32.2. The summed E-state index contributed by atoms with van der Waals surface area (Å²) < 4.78 is 29.8. The van der Waals surface area contributed by atoms with Gasteiger partial charge >= 0.3 is 0 Å². The fourth-order valence-electron chi connectivity index (χ4n) is 3.39. The van der Waals surface area contributed by atoms with Gasteiger partial charge in [0.25, 0.3) is 10.0 Å². The van der Waals surface area contributed by atoms with Crippen LogP contribution in [0.15, 0.2) is 16.3 Å². The van der Waals surface area contributed by atoms with Crippen molar-refractivity contribution in [2.75, 3.05) is 13.1 Å². The fraction of sp³-hybridized carbons (Fsp3) is 0.588. The van der Waals surface area contributed by atoms with Crippen molar-refractivity contribution in [1.29, 1.82) is 0 Å². The van der Waals surface area contributed by atoms with Crippen LogP contribution in [0.25, 0.3) is 0 Å². The van der Waals surface area contributed by atoms with Crippen LogP contribution in [-0.4, -0.2) is 46.5 Å². The first kappa shape index (κ1) is 19.7. The number of carbonyl (C=O) groups is 1. The second-order valence-electron chi connectivity index (χ2n) is 7.19. The fourth-order valence-corrected chi connectivity index (χ4v) is 6.72. The summed E-state index contributed by atoms with van der Waals surface area (Å²) in [5, 5.41) is 9.82.